The van der Waals surface area contributed by atoms with Gasteiger partial charge in [-0.15, -0.1) is 0 Å². The van der Waals surface area contributed by atoms with Crippen molar-refractivity contribution < 1.29 is 4.74 Å². The maximum atomic E-state index is 5.49. The van der Waals surface area contributed by atoms with Crippen LogP contribution >= 0.6 is 0 Å². The minimum absolute atomic E-state index is 0.127. The molecule has 1 atom stereocenters. The molecule has 1 N–H and O–H groups in total. The highest BCUT2D eigenvalue weighted by molar-refractivity contribution is 6.84. The highest BCUT2D eigenvalue weighted by Crippen LogP contribution is 2.53. The lowest BCUT2D eigenvalue weighted by molar-refractivity contribution is 0.417. The van der Waals surface area contributed by atoms with E-state index in [-0.39, 0.29) is 5.04 Å². The van der Waals surface area contributed by atoms with E-state index < -0.39 is 8.24 Å². The maximum absolute atomic E-state index is 5.49. The van der Waals surface area contributed by atoms with Crippen molar-refractivity contribution in [2.45, 2.75) is 45.8 Å². The van der Waals surface area contributed by atoms with E-state index in [9.17, 15) is 0 Å². The number of para-hydroxylation sites is 2. The number of ether oxygens (including phenoxy) is 1. The minimum Gasteiger partial charge on any atom is -0.495 e. The monoisotopic (exact) mass is 301 g/mol. The van der Waals surface area contributed by atoms with Crippen molar-refractivity contribution in [2.75, 3.05) is 12.1 Å². The summed E-state index contributed by atoms with van der Waals surface area (Å²) in [6.07, 6.45) is 2.45. The molecule has 1 aliphatic rings. The lowest BCUT2D eigenvalue weighted by Gasteiger charge is -2.41. The van der Waals surface area contributed by atoms with Gasteiger partial charge in [-0.3, -0.25) is 0 Å². The van der Waals surface area contributed by atoms with Gasteiger partial charge in [-0.05, 0) is 38.5 Å². The van der Waals surface area contributed by atoms with Crippen LogP contribution in [0.2, 0.25) is 18.1 Å². The Labute approximate surface area is 130 Å². The van der Waals surface area contributed by atoms with Crippen molar-refractivity contribution in [3.8, 4) is 5.75 Å². The number of anilines is 1. The van der Waals surface area contributed by atoms with E-state index in [1.807, 2.05) is 12.1 Å². The number of methoxy groups -OCH3 is 1. The van der Waals surface area contributed by atoms with Gasteiger partial charge in [-0.1, -0.05) is 49.4 Å². The lowest BCUT2D eigenvalue weighted by atomic mass is 10.0. The van der Waals surface area contributed by atoms with Crippen LogP contribution in [0.1, 0.15) is 27.7 Å². The van der Waals surface area contributed by atoms with E-state index in [4.69, 9.17) is 4.74 Å². The minimum atomic E-state index is -1.79. The second-order valence-electron chi connectivity index (χ2n) is 6.73. The Morgan fingerprint density at radius 2 is 1.71 bits per heavy atom. The average Bonchev–Trinajstić information content (AvgIpc) is 2.64. The zero-order valence-electron chi connectivity index (χ0n) is 14.3. The van der Waals surface area contributed by atoms with Gasteiger partial charge in [0.15, 0.2) is 8.24 Å². The van der Waals surface area contributed by atoms with Crippen LogP contribution < -0.4 is 9.72 Å². The van der Waals surface area contributed by atoms with Crippen LogP contribution in [0.15, 0.2) is 47.1 Å². The lowest BCUT2D eigenvalue weighted by Crippen LogP contribution is -2.48. The van der Waals surface area contributed by atoms with Crippen LogP contribution in [0.5, 0.6) is 5.75 Å². The first-order chi connectivity index (χ1) is 9.73. The van der Waals surface area contributed by atoms with Gasteiger partial charge < -0.3 is 9.72 Å². The first-order valence-corrected chi connectivity index (χ1v) is 10.5. The normalized spacial score (nSPS) is 22.3. The van der Waals surface area contributed by atoms with Gasteiger partial charge in [0.05, 0.1) is 12.8 Å². The molecule has 0 aliphatic heterocycles. The Morgan fingerprint density at radius 3 is 2.24 bits per heavy atom. The van der Waals surface area contributed by atoms with Crippen molar-refractivity contribution in [3.63, 3.8) is 0 Å². The van der Waals surface area contributed by atoms with Crippen LogP contribution in [0.4, 0.5) is 5.69 Å². The molecule has 0 heterocycles. The molecule has 0 saturated heterocycles. The molecule has 0 aromatic heterocycles. The summed E-state index contributed by atoms with van der Waals surface area (Å²) in [5.74, 6) is 0.915. The number of allylic oxidation sites excluding steroid dienone is 4. The van der Waals surface area contributed by atoms with Crippen molar-refractivity contribution in [3.05, 3.63) is 47.1 Å². The second kappa shape index (κ2) is 5.37. The summed E-state index contributed by atoms with van der Waals surface area (Å²) in [5.41, 5.74) is 5.46. The average molecular weight is 302 g/mol. The molecule has 3 heteroatoms. The zero-order valence-corrected chi connectivity index (χ0v) is 15.3. The number of hydrogen-bond acceptors (Lipinski definition) is 2. The SMILES string of the molecule is COc1ccccc1N[Si](C)(C)C1(C)C=C(C)C(C)=C1C. The Bertz CT molecular complexity index is 615. The fourth-order valence-electron chi connectivity index (χ4n) is 3.20. The van der Waals surface area contributed by atoms with Gasteiger partial charge in [-0.25, -0.2) is 0 Å². The molecule has 0 saturated carbocycles. The topological polar surface area (TPSA) is 21.3 Å². The number of rotatable bonds is 4. The predicted octanol–water partition coefficient (Wildman–Crippen LogP) is 5.37. The quantitative estimate of drug-likeness (QED) is 0.755. The van der Waals surface area contributed by atoms with Gasteiger partial charge in [0.25, 0.3) is 0 Å². The Hall–Kier alpha value is -1.48. The third-order valence-corrected chi connectivity index (χ3v) is 9.30. The molecule has 0 radical (unpaired) electrons. The fourth-order valence-corrected chi connectivity index (χ4v) is 6.04. The summed E-state index contributed by atoms with van der Waals surface area (Å²) >= 11 is 0. The maximum Gasteiger partial charge on any atom is 0.161 e. The number of benzene rings is 1. The molecule has 0 fully saturated rings. The van der Waals surface area contributed by atoms with Gasteiger partial charge in [0.2, 0.25) is 0 Å². The second-order valence-corrected chi connectivity index (χ2v) is 11.3. The molecule has 1 aromatic carbocycles. The summed E-state index contributed by atoms with van der Waals surface area (Å²) < 4.78 is 5.49. The molecule has 0 bridgehead atoms. The molecule has 1 unspecified atom stereocenters. The van der Waals surface area contributed by atoms with Crippen molar-refractivity contribution in [1.82, 2.24) is 0 Å². The van der Waals surface area contributed by atoms with Gasteiger partial charge in [-0.2, -0.15) is 0 Å². The molecule has 1 aromatic rings. The largest absolute Gasteiger partial charge is 0.495 e. The molecule has 0 amide bonds. The van der Waals surface area contributed by atoms with E-state index >= 15 is 0 Å². The van der Waals surface area contributed by atoms with Gasteiger partial charge in [0, 0.05) is 5.04 Å². The summed E-state index contributed by atoms with van der Waals surface area (Å²) in [4.78, 5) is 3.83. The molecular weight excluding hydrogens is 274 g/mol. The molecular formula is C18H27NOSi. The number of nitrogens with one attached hydrogen (secondary N) is 1. The summed E-state index contributed by atoms with van der Waals surface area (Å²) in [6.45, 7) is 13.9. The molecule has 114 valence electrons. The fraction of sp³-hybridized carbons (Fsp3) is 0.444. The summed E-state index contributed by atoms with van der Waals surface area (Å²) in [5, 5.41) is 0.127. The van der Waals surface area contributed by atoms with E-state index in [2.05, 4.69) is 64.0 Å². The predicted molar refractivity (Wildman–Crippen MR) is 94.6 cm³/mol. The molecule has 21 heavy (non-hydrogen) atoms. The first kappa shape index (κ1) is 15.9. The smallest absolute Gasteiger partial charge is 0.161 e. The van der Waals surface area contributed by atoms with Crippen LogP contribution in [0, 0.1) is 0 Å². The van der Waals surface area contributed by atoms with E-state index in [0.29, 0.717) is 0 Å². The zero-order chi connectivity index (χ0) is 15.8. The third-order valence-electron chi connectivity index (χ3n) is 5.29. The highest BCUT2D eigenvalue weighted by atomic mass is 28.3. The third kappa shape index (κ3) is 2.55. The standard InChI is InChI=1S/C18H27NOSi/c1-13-12-18(4,15(3)14(13)2)21(6,7)19-16-10-8-9-11-17(16)20-5/h8-12,19H,1-7H3. The van der Waals surface area contributed by atoms with Crippen LogP contribution in [-0.4, -0.2) is 15.3 Å². The van der Waals surface area contributed by atoms with Gasteiger partial charge in [0.1, 0.15) is 5.75 Å². The Balaban J connectivity index is 2.40. The van der Waals surface area contributed by atoms with Crippen LogP contribution in [-0.2, 0) is 0 Å². The highest BCUT2D eigenvalue weighted by Gasteiger charge is 2.46. The first-order valence-electron chi connectivity index (χ1n) is 7.52. The van der Waals surface area contributed by atoms with Crippen LogP contribution in [0.3, 0.4) is 0 Å². The Kier molecular flexibility index (Phi) is 4.07. The molecule has 0 spiro atoms. The molecule has 2 rings (SSSR count). The molecule has 2 nitrogen and oxygen atoms in total. The van der Waals surface area contributed by atoms with E-state index in [1.54, 1.807) is 7.11 Å². The van der Waals surface area contributed by atoms with Gasteiger partial charge >= 0.3 is 0 Å². The van der Waals surface area contributed by atoms with E-state index in [0.717, 1.165) is 11.4 Å². The summed E-state index contributed by atoms with van der Waals surface area (Å²) in [6, 6.07) is 8.18. The van der Waals surface area contributed by atoms with Crippen molar-refractivity contribution in [2.24, 2.45) is 0 Å². The van der Waals surface area contributed by atoms with E-state index in [1.165, 1.54) is 16.7 Å². The molecule has 1 aliphatic carbocycles. The number of hydrogen-bond donors (Lipinski definition) is 1. The Morgan fingerprint density at radius 1 is 1.10 bits per heavy atom. The van der Waals surface area contributed by atoms with Crippen LogP contribution in [0.25, 0.3) is 0 Å². The van der Waals surface area contributed by atoms with Crippen molar-refractivity contribution in [1.29, 1.82) is 0 Å². The van der Waals surface area contributed by atoms with Crippen molar-refractivity contribution >= 4 is 13.9 Å². The summed E-state index contributed by atoms with van der Waals surface area (Å²) in [7, 11) is -0.0660.